The standard InChI is InChI=1S/C19H16N2O4/c1-23-15-8-6-13(7-9-15)17-10-11-18(21-20-17)25-19(22)14-4-3-5-16(12-14)24-2/h3-12H,1-2H3. The molecular weight excluding hydrogens is 320 g/mol. The summed E-state index contributed by atoms with van der Waals surface area (Å²) in [4.78, 5) is 12.1. The average Bonchev–Trinajstić information content (AvgIpc) is 2.68. The van der Waals surface area contributed by atoms with Gasteiger partial charge in [-0.1, -0.05) is 6.07 Å². The molecule has 0 aliphatic carbocycles. The first-order valence-corrected chi connectivity index (χ1v) is 7.54. The molecule has 3 rings (SSSR count). The fourth-order valence-electron chi connectivity index (χ4n) is 2.19. The second-order valence-electron chi connectivity index (χ2n) is 5.11. The molecule has 1 heterocycles. The molecular formula is C19H16N2O4. The first-order valence-electron chi connectivity index (χ1n) is 7.54. The minimum Gasteiger partial charge on any atom is -0.497 e. The van der Waals surface area contributed by atoms with Gasteiger partial charge in [-0.25, -0.2) is 4.79 Å². The molecule has 0 atom stereocenters. The van der Waals surface area contributed by atoms with E-state index in [2.05, 4.69) is 10.2 Å². The molecule has 0 fully saturated rings. The normalized spacial score (nSPS) is 10.2. The van der Waals surface area contributed by atoms with E-state index >= 15 is 0 Å². The van der Waals surface area contributed by atoms with Gasteiger partial charge in [0, 0.05) is 11.6 Å². The van der Waals surface area contributed by atoms with Crippen LogP contribution in [0.25, 0.3) is 11.3 Å². The summed E-state index contributed by atoms with van der Waals surface area (Å²) in [5, 5.41) is 8.04. The maximum atomic E-state index is 12.1. The first kappa shape index (κ1) is 16.4. The minimum absolute atomic E-state index is 0.130. The summed E-state index contributed by atoms with van der Waals surface area (Å²) in [6, 6.07) is 17.5. The number of ether oxygens (including phenoxy) is 3. The highest BCUT2D eigenvalue weighted by Gasteiger charge is 2.11. The summed E-state index contributed by atoms with van der Waals surface area (Å²) < 4.78 is 15.5. The molecule has 6 nitrogen and oxygen atoms in total. The molecule has 0 aliphatic heterocycles. The second-order valence-corrected chi connectivity index (χ2v) is 5.11. The summed E-state index contributed by atoms with van der Waals surface area (Å²) in [7, 11) is 3.15. The van der Waals surface area contributed by atoms with E-state index in [1.807, 2.05) is 24.3 Å². The molecule has 0 amide bonds. The van der Waals surface area contributed by atoms with Crippen molar-refractivity contribution in [3.8, 4) is 28.6 Å². The molecule has 0 aliphatic rings. The van der Waals surface area contributed by atoms with Gasteiger partial charge in [-0.2, -0.15) is 0 Å². The van der Waals surface area contributed by atoms with Gasteiger partial charge in [0.15, 0.2) is 0 Å². The van der Waals surface area contributed by atoms with E-state index in [1.165, 1.54) is 7.11 Å². The minimum atomic E-state index is -0.523. The molecule has 0 saturated heterocycles. The van der Waals surface area contributed by atoms with Crippen LogP contribution in [0.1, 0.15) is 10.4 Å². The van der Waals surface area contributed by atoms with Crippen LogP contribution >= 0.6 is 0 Å². The number of benzene rings is 2. The summed E-state index contributed by atoms with van der Waals surface area (Å²) in [6.45, 7) is 0. The molecule has 0 spiro atoms. The Morgan fingerprint density at radius 3 is 2.24 bits per heavy atom. The molecule has 1 aromatic heterocycles. The van der Waals surface area contributed by atoms with Crippen molar-refractivity contribution >= 4 is 5.97 Å². The topological polar surface area (TPSA) is 70.5 Å². The molecule has 0 N–H and O–H groups in total. The van der Waals surface area contributed by atoms with Crippen LogP contribution in [-0.4, -0.2) is 30.4 Å². The van der Waals surface area contributed by atoms with Gasteiger partial charge >= 0.3 is 5.97 Å². The maximum absolute atomic E-state index is 12.1. The van der Waals surface area contributed by atoms with E-state index in [-0.39, 0.29) is 5.88 Å². The Hall–Kier alpha value is -3.41. The van der Waals surface area contributed by atoms with Crippen LogP contribution in [-0.2, 0) is 0 Å². The molecule has 6 heteroatoms. The lowest BCUT2D eigenvalue weighted by molar-refractivity contribution is 0.0725. The Morgan fingerprint density at radius 2 is 1.60 bits per heavy atom. The third-order valence-electron chi connectivity index (χ3n) is 3.53. The van der Waals surface area contributed by atoms with Gasteiger partial charge in [-0.3, -0.25) is 0 Å². The lowest BCUT2D eigenvalue weighted by Gasteiger charge is -2.06. The van der Waals surface area contributed by atoms with Crippen molar-refractivity contribution in [3.63, 3.8) is 0 Å². The quantitative estimate of drug-likeness (QED) is 0.665. The van der Waals surface area contributed by atoms with Crippen LogP contribution < -0.4 is 14.2 Å². The number of rotatable bonds is 5. The predicted octanol–water partition coefficient (Wildman–Crippen LogP) is 3.38. The van der Waals surface area contributed by atoms with Crippen LogP contribution in [0.5, 0.6) is 17.4 Å². The van der Waals surface area contributed by atoms with Crippen molar-refractivity contribution in [2.24, 2.45) is 0 Å². The Labute approximate surface area is 145 Å². The van der Waals surface area contributed by atoms with Gasteiger partial charge in [0.05, 0.1) is 25.5 Å². The molecule has 0 bridgehead atoms. The van der Waals surface area contributed by atoms with Gasteiger partial charge in [0.1, 0.15) is 11.5 Å². The number of methoxy groups -OCH3 is 2. The molecule has 0 saturated carbocycles. The maximum Gasteiger partial charge on any atom is 0.345 e. The number of carbonyl (C=O) groups is 1. The number of nitrogens with zero attached hydrogens (tertiary/aromatic N) is 2. The van der Waals surface area contributed by atoms with Gasteiger partial charge in [-0.15, -0.1) is 10.2 Å². The largest absolute Gasteiger partial charge is 0.497 e. The smallest absolute Gasteiger partial charge is 0.345 e. The van der Waals surface area contributed by atoms with Crippen molar-refractivity contribution < 1.29 is 19.0 Å². The highest BCUT2D eigenvalue weighted by molar-refractivity contribution is 5.91. The van der Waals surface area contributed by atoms with Gasteiger partial charge in [0.25, 0.3) is 0 Å². The van der Waals surface area contributed by atoms with E-state index in [0.29, 0.717) is 17.0 Å². The van der Waals surface area contributed by atoms with Crippen molar-refractivity contribution in [2.75, 3.05) is 14.2 Å². The molecule has 3 aromatic rings. The van der Waals surface area contributed by atoms with Gasteiger partial charge in [0.2, 0.25) is 5.88 Å². The zero-order valence-electron chi connectivity index (χ0n) is 13.8. The number of hydrogen-bond donors (Lipinski definition) is 0. The summed E-state index contributed by atoms with van der Waals surface area (Å²) in [5.74, 6) is 0.950. The number of esters is 1. The number of aromatic nitrogens is 2. The Kier molecular flexibility index (Phi) is 4.89. The summed E-state index contributed by atoms with van der Waals surface area (Å²) in [5.41, 5.74) is 1.93. The van der Waals surface area contributed by atoms with Crippen LogP contribution in [0.15, 0.2) is 60.7 Å². The molecule has 2 aromatic carbocycles. The fraction of sp³-hybridized carbons (Fsp3) is 0.105. The Morgan fingerprint density at radius 1 is 0.840 bits per heavy atom. The lowest BCUT2D eigenvalue weighted by Crippen LogP contribution is -2.10. The third-order valence-corrected chi connectivity index (χ3v) is 3.53. The van der Waals surface area contributed by atoms with E-state index in [1.54, 1.807) is 43.5 Å². The molecule has 25 heavy (non-hydrogen) atoms. The zero-order valence-corrected chi connectivity index (χ0v) is 13.8. The van der Waals surface area contributed by atoms with Crippen LogP contribution in [0.3, 0.4) is 0 Å². The molecule has 0 unspecified atom stereocenters. The van der Waals surface area contributed by atoms with Crippen molar-refractivity contribution in [1.82, 2.24) is 10.2 Å². The highest BCUT2D eigenvalue weighted by Crippen LogP contribution is 2.21. The second kappa shape index (κ2) is 7.44. The lowest BCUT2D eigenvalue weighted by atomic mass is 10.1. The molecule has 0 radical (unpaired) electrons. The summed E-state index contributed by atoms with van der Waals surface area (Å²) in [6.07, 6.45) is 0. The predicted molar refractivity (Wildman–Crippen MR) is 92.0 cm³/mol. The zero-order chi connectivity index (χ0) is 17.6. The average molecular weight is 336 g/mol. The van der Waals surface area contributed by atoms with E-state index < -0.39 is 5.97 Å². The highest BCUT2D eigenvalue weighted by atomic mass is 16.5. The fourth-order valence-corrected chi connectivity index (χ4v) is 2.19. The van der Waals surface area contributed by atoms with Gasteiger partial charge < -0.3 is 14.2 Å². The molecule has 126 valence electrons. The first-order chi connectivity index (χ1) is 12.2. The Bertz CT molecular complexity index is 861. The monoisotopic (exact) mass is 336 g/mol. The van der Waals surface area contributed by atoms with Gasteiger partial charge in [-0.05, 0) is 48.5 Å². The van der Waals surface area contributed by atoms with E-state index in [0.717, 1.165) is 11.3 Å². The number of carbonyl (C=O) groups excluding carboxylic acids is 1. The van der Waals surface area contributed by atoms with E-state index in [9.17, 15) is 4.79 Å². The van der Waals surface area contributed by atoms with Crippen molar-refractivity contribution in [1.29, 1.82) is 0 Å². The SMILES string of the molecule is COc1ccc(-c2ccc(OC(=O)c3cccc(OC)c3)nn2)cc1. The van der Waals surface area contributed by atoms with Crippen LogP contribution in [0, 0.1) is 0 Å². The van der Waals surface area contributed by atoms with Crippen LogP contribution in [0.2, 0.25) is 0 Å². The van der Waals surface area contributed by atoms with Crippen molar-refractivity contribution in [2.45, 2.75) is 0 Å². The summed E-state index contributed by atoms with van der Waals surface area (Å²) >= 11 is 0. The van der Waals surface area contributed by atoms with Crippen molar-refractivity contribution in [3.05, 3.63) is 66.2 Å². The number of hydrogen-bond acceptors (Lipinski definition) is 6. The third kappa shape index (κ3) is 3.92. The Balaban J connectivity index is 1.72. The van der Waals surface area contributed by atoms with Crippen LogP contribution in [0.4, 0.5) is 0 Å². The van der Waals surface area contributed by atoms with E-state index in [4.69, 9.17) is 14.2 Å².